The Kier molecular flexibility index (Phi) is 6.43. The summed E-state index contributed by atoms with van der Waals surface area (Å²) in [6.07, 6.45) is 4.42. The van der Waals surface area contributed by atoms with E-state index in [1.54, 1.807) is 23.1 Å². The number of benzene rings is 1. The van der Waals surface area contributed by atoms with Crippen molar-refractivity contribution in [2.45, 2.75) is 37.5 Å². The number of sulfonamides is 1. The molecule has 1 saturated heterocycles. The third-order valence-electron chi connectivity index (χ3n) is 5.80. The van der Waals surface area contributed by atoms with Crippen LogP contribution in [0.2, 0.25) is 0 Å². The van der Waals surface area contributed by atoms with Crippen molar-refractivity contribution < 1.29 is 23.1 Å². The smallest absolute Gasteiger partial charge is 0.307 e. The number of allylic oxidation sites excluding steroid dienone is 2. The van der Waals surface area contributed by atoms with Gasteiger partial charge in [-0.3, -0.25) is 9.59 Å². The zero-order chi connectivity index (χ0) is 21.2. The summed E-state index contributed by atoms with van der Waals surface area (Å²) >= 11 is 0. The summed E-state index contributed by atoms with van der Waals surface area (Å²) in [6, 6.07) is 6.93. The number of hydrogen-bond donors (Lipinski definition) is 1. The first-order valence-electron chi connectivity index (χ1n) is 9.98. The molecule has 1 aromatic carbocycles. The Labute approximate surface area is 172 Å². The van der Waals surface area contributed by atoms with E-state index in [4.69, 9.17) is 0 Å². The lowest BCUT2D eigenvalue weighted by Gasteiger charge is -2.37. The zero-order valence-electron chi connectivity index (χ0n) is 16.8. The van der Waals surface area contributed by atoms with E-state index in [0.717, 1.165) is 5.56 Å². The molecule has 8 heteroatoms. The van der Waals surface area contributed by atoms with Gasteiger partial charge < -0.3 is 10.0 Å². The fourth-order valence-corrected chi connectivity index (χ4v) is 5.34. The van der Waals surface area contributed by atoms with Crippen LogP contribution in [-0.2, 0) is 19.6 Å². The molecule has 3 rings (SSSR count). The molecule has 2 atom stereocenters. The maximum atomic E-state index is 12.9. The Morgan fingerprint density at radius 1 is 0.966 bits per heavy atom. The lowest BCUT2D eigenvalue weighted by atomic mass is 9.82. The molecule has 1 aliphatic carbocycles. The van der Waals surface area contributed by atoms with Crippen molar-refractivity contribution in [3.63, 3.8) is 0 Å². The van der Waals surface area contributed by atoms with E-state index in [9.17, 15) is 23.1 Å². The molecule has 2 aliphatic rings. The predicted molar refractivity (Wildman–Crippen MR) is 109 cm³/mol. The number of carboxylic acids is 1. The van der Waals surface area contributed by atoms with Crippen LogP contribution in [0.25, 0.3) is 0 Å². The number of rotatable bonds is 5. The average molecular weight is 421 g/mol. The lowest BCUT2D eigenvalue weighted by molar-refractivity contribution is -0.151. The van der Waals surface area contributed by atoms with Gasteiger partial charge in [-0.25, -0.2) is 8.42 Å². The molecule has 0 saturated carbocycles. The van der Waals surface area contributed by atoms with E-state index in [-0.39, 0.29) is 37.0 Å². The molecule has 1 heterocycles. The first kappa shape index (κ1) is 21.5. The van der Waals surface area contributed by atoms with E-state index in [0.29, 0.717) is 18.8 Å². The Morgan fingerprint density at radius 2 is 1.52 bits per heavy atom. The van der Waals surface area contributed by atoms with Crippen molar-refractivity contribution in [3.8, 4) is 0 Å². The van der Waals surface area contributed by atoms with E-state index >= 15 is 0 Å². The molecule has 1 aromatic rings. The van der Waals surface area contributed by atoms with Crippen molar-refractivity contribution in [1.82, 2.24) is 9.21 Å². The predicted octanol–water partition coefficient (Wildman–Crippen LogP) is 2.31. The summed E-state index contributed by atoms with van der Waals surface area (Å²) in [5.74, 6) is -2.12. The number of carbonyl (C=O) groups is 2. The summed E-state index contributed by atoms with van der Waals surface area (Å²) in [5.41, 5.74) is 1.08. The summed E-state index contributed by atoms with van der Waals surface area (Å²) in [6.45, 7) is 5.07. The van der Waals surface area contributed by atoms with E-state index in [1.165, 1.54) is 4.31 Å². The van der Waals surface area contributed by atoms with Crippen LogP contribution in [0.1, 0.15) is 38.2 Å². The van der Waals surface area contributed by atoms with Crippen molar-refractivity contribution in [2.24, 2.45) is 11.8 Å². The number of carboxylic acid groups (broad SMARTS) is 1. The molecule has 0 bridgehead atoms. The minimum absolute atomic E-state index is 0.194. The molecular weight excluding hydrogens is 392 g/mol. The summed E-state index contributed by atoms with van der Waals surface area (Å²) in [7, 11) is -3.61. The van der Waals surface area contributed by atoms with Gasteiger partial charge >= 0.3 is 5.97 Å². The highest BCUT2D eigenvalue weighted by Gasteiger charge is 2.38. The second-order valence-electron chi connectivity index (χ2n) is 7.95. The van der Waals surface area contributed by atoms with Gasteiger partial charge in [0.2, 0.25) is 15.9 Å². The molecule has 0 spiro atoms. The second kappa shape index (κ2) is 8.67. The number of hydrogen-bond acceptors (Lipinski definition) is 4. The van der Waals surface area contributed by atoms with Gasteiger partial charge in [0, 0.05) is 26.2 Å². The van der Waals surface area contributed by atoms with Gasteiger partial charge in [-0.1, -0.05) is 38.1 Å². The molecule has 0 aromatic heterocycles. The molecule has 0 radical (unpaired) electrons. The highest BCUT2D eigenvalue weighted by Crippen LogP contribution is 2.29. The Bertz CT molecular complexity index is 884. The zero-order valence-corrected chi connectivity index (χ0v) is 17.6. The summed E-state index contributed by atoms with van der Waals surface area (Å²) in [4.78, 5) is 26.2. The third-order valence-corrected chi connectivity index (χ3v) is 7.71. The fraction of sp³-hybridized carbons (Fsp3) is 0.524. The van der Waals surface area contributed by atoms with Crippen molar-refractivity contribution in [1.29, 1.82) is 0 Å². The van der Waals surface area contributed by atoms with Crippen LogP contribution in [0, 0.1) is 11.8 Å². The molecule has 1 N–H and O–H groups in total. The van der Waals surface area contributed by atoms with Crippen LogP contribution in [0.15, 0.2) is 41.3 Å². The van der Waals surface area contributed by atoms with Crippen molar-refractivity contribution in [3.05, 3.63) is 42.0 Å². The van der Waals surface area contributed by atoms with Crippen molar-refractivity contribution >= 4 is 21.9 Å². The molecule has 1 fully saturated rings. The molecule has 7 nitrogen and oxygen atoms in total. The van der Waals surface area contributed by atoms with Gasteiger partial charge in [-0.2, -0.15) is 4.31 Å². The number of aliphatic carboxylic acids is 1. The molecule has 158 valence electrons. The first-order chi connectivity index (χ1) is 13.7. The van der Waals surface area contributed by atoms with Gasteiger partial charge in [-0.05, 0) is 36.5 Å². The number of piperazine rings is 1. The molecule has 1 amide bonds. The lowest BCUT2D eigenvalue weighted by Crippen LogP contribution is -2.53. The number of carbonyl (C=O) groups excluding carboxylic acids is 1. The SMILES string of the molecule is CC(C)c1ccc(S(=O)(=O)N2CCN(C(=O)[C@@H]3CC=CC[C@H]3C(=O)O)CC2)cc1. The van der Waals surface area contributed by atoms with Gasteiger partial charge in [0.05, 0.1) is 16.7 Å². The second-order valence-corrected chi connectivity index (χ2v) is 9.89. The van der Waals surface area contributed by atoms with Crippen LogP contribution in [0.4, 0.5) is 0 Å². The van der Waals surface area contributed by atoms with Crippen molar-refractivity contribution in [2.75, 3.05) is 26.2 Å². The largest absolute Gasteiger partial charge is 0.481 e. The van der Waals surface area contributed by atoms with Gasteiger partial charge in [0.25, 0.3) is 0 Å². The summed E-state index contributed by atoms with van der Waals surface area (Å²) < 4.78 is 27.2. The normalized spacial score (nSPS) is 23.3. The Morgan fingerprint density at radius 3 is 2.03 bits per heavy atom. The minimum Gasteiger partial charge on any atom is -0.481 e. The third kappa shape index (κ3) is 4.53. The van der Waals surface area contributed by atoms with E-state index in [2.05, 4.69) is 13.8 Å². The molecule has 0 unspecified atom stereocenters. The average Bonchev–Trinajstić information content (AvgIpc) is 2.73. The van der Waals surface area contributed by atoms with Crippen LogP contribution in [0.3, 0.4) is 0 Å². The topological polar surface area (TPSA) is 95.0 Å². The van der Waals surface area contributed by atoms with E-state index < -0.39 is 27.8 Å². The van der Waals surface area contributed by atoms with Gasteiger partial charge in [-0.15, -0.1) is 0 Å². The van der Waals surface area contributed by atoms with Crippen LogP contribution in [0.5, 0.6) is 0 Å². The maximum Gasteiger partial charge on any atom is 0.307 e. The van der Waals surface area contributed by atoms with Crippen LogP contribution in [-0.4, -0.2) is 60.8 Å². The molecular formula is C21H28N2O5S. The van der Waals surface area contributed by atoms with E-state index in [1.807, 2.05) is 18.2 Å². The number of nitrogens with zero attached hydrogens (tertiary/aromatic N) is 2. The minimum atomic E-state index is -3.61. The Balaban J connectivity index is 1.65. The quantitative estimate of drug-likeness (QED) is 0.738. The molecule has 1 aliphatic heterocycles. The number of amides is 1. The van der Waals surface area contributed by atoms with Crippen LogP contribution < -0.4 is 0 Å². The highest BCUT2D eigenvalue weighted by molar-refractivity contribution is 7.89. The maximum absolute atomic E-state index is 12.9. The molecule has 29 heavy (non-hydrogen) atoms. The first-order valence-corrected chi connectivity index (χ1v) is 11.4. The van der Waals surface area contributed by atoms with Crippen LogP contribution >= 0.6 is 0 Å². The van der Waals surface area contributed by atoms with Gasteiger partial charge in [0.15, 0.2) is 0 Å². The summed E-state index contributed by atoms with van der Waals surface area (Å²) in [5, 5.41) is 9.39. The Hall–Kier alpha value is -2.19. The fourth-order valence-electron chi connectivity index (χ4n) is 3.92. The van der Waals surface area contributed by atoms with Gasteiger partial charge in [0.1, 0.15) is 0 Å². The highest BCUT2D eigenvalue weighted by atomic mass is 32.2. The standard InChI is InChI=1S/C21H28N2O5S/c1-15(2)16-7-9-17(10-8-16)29(27,28)23-13-11-22(12-14-23)20(24)18-5-3-4-6-19(18)21(25)26/h3-4,7-10,15,18-19H,5-6,11-14H2,1-2H3,(H,25,26)/t18-,19-/m1/s1. The monoisotopic (exact) mass is 420 g/mol.